The minimum atomic E-state index is 0.0649. The zero-order chi connectivity index (χ0) is 14.7. The third-order valence-corrected chi connectivity index (χ3v) is 4.23. The van der Waals surface area contributed by atoms with Crippen molar-refractivity contribution < 1.29 is 4.74 Å². The number of aromatic nitrogens is 2. The lowest BCUT2D eigenvalue weighted by atomic mass is 9.77. The molecule has 1 aliphatic carbocycles. The van der Waals surface area contributed by atoms with Gasteiger partial charge >= 0.3 is 0 Å². The first kappa shape index (κ1) is 14.3. The average Bonchev–Trinajstić information content (AvgIpc) is 2.96. The van der Waals surface area contributed by atoms with Crippen LogP contribution in [0.1, 0.15) is 37.8 Å². The van der Waals surface area contributed by atoms with Gasteiger partial charge in [0.05, 0.1) is 18.0 Å². The third kappa shape index (κ3) is 3.34. The van der Waals surface area contributed by atoms with Crippen LogP contribution in [-0.4, -0.2) is 22.5 Å². The Morgan fingerprint density at radius 1 is 1.33 bits per heavy atom. The Morgan fingerprint density at radius 2 is 2.10 bits per heavy atom. The Balaban J connectivity index is 1.57. The molecule has 0 spiro atoms. The van der Waals surface area contributed by atoms with Crippen molar-refractivity contribution in [2.24, 2.45) is 11.7 Å². The van der Waals surface area contributed by atoms with E-state index >= 15 is 0 Å². The molecule has 1 saturated carbocycles. The van der Waals surface area contributed by atoms with Crippen LogP contribution >= 0.6 is 0 Å². The molecule has 112 valence electrons. The topological polar surface area (TPSA) is 53.1 Å². The van der Waals surface area contributed by atoms with Gasteiger partial charge in [-0.25, -0.2) is 4.68 Å². The molecule has 21 heavy (non-hydrogen) atoms. The van der Waals surface area contributed by atoms with Crippen LogP contribution in [0.2, 0.25) is 0 Å². The van der Waals surface area contributed by atoms with Gasteiger partial charge in [0.2, 0.25) is 0 Å². The number of para-hydroxylation sites is 1. The van der Waals surface area contributed by atoms with Crippen molar-refractivity contribution in [3.05, 3.63) is 48.3 Å². The van der Waals surface area contributed by atoms with Crippen molar-refractivity contribution in [2.75, 3.05) is 6.61 Å². The summed E-state index contributed by atoms with van der Waals surface area (Å²) in [6.07, 6.45) is 7.70. The summed E-state index contributed by atoms with van der Waals surface area (Å²) in [7, 11) is 0. The van der Waals surface area contributed by atoms with E-state index < -0.39 is 0 Å². The molecule has 1 aromatic carbocycles. The van der Waals surface area contributed by atoms with Crippen LogP contribution in [-0.2, 0) is 4.74 Å². The fourth-order valence-electron chi connectivity index (χ4n) is 2.98. The summed E-state index contributed by atoms with van der Waals surface area (Å²) in [4.78, 5) is 0. The van der Waals surface area contributed by atoms with Crippen molar-refractivity contribution in [1.29, 1.82) is 0 Å². The lowest BCUT2D eigenvalue weighted by Crippen LogP contribution is -2.33. The first-order chi connectivity index (χ1) is 10.3. The van der Waals surface area contributed by atoms with E-state index in [0.717, 1.165) is 37.1 Å². The quantitative estimate of drug-likeness (QED) is 0.887. The normalized spacial score (nSPS) is 22.8. The van der Waals surface area contributed by atoms with Gasteiger partial charge in [0.1, 0.15) is 0 Å². The molecule has 4 nitrogen and oxygen atoms in total. The van der Waals surface area contributed by atoms with Gasteiger partial charge < -0.3 is 10.5 Å². The Kier molecular flexibility index (Phi) is 4.36. The monoisotopic (exact) mass is 285 g/mol. The minimum absolute atomic E-state index is 0.0649. The Hall–Kier alpha value is -1.65. The zero-order valence-corrected chi connectivity index (χ0v) is 12.5. The third-order valence-electron chi connectivity index (χ3n) is 4.23. The van der Waals surface area contributed by atoms with E-state index in [9.17, 15) is 0 Å². The largest absolute Gasteiger partial charge is 0.378 e. The lowest BCUT2D eigenvalue weighted by molar-refractivity contribution is -0.0282. The number of nitrogens with two attached hydrogens (primary N) is 1. The highest BCUT2D eigenvalue weighted by atomic mass is 16.5. The van der Waals surface area contributed by atoms with Crippen LogP contribution in [0, 0.1) is 5.92 Å². The van der Waals surface area contributed by atoms with Gasteiger partial charge in [0, 0.05) is 24.4 Å². The van der Waals surface area contributed by atoms with Gasteiger partial charge in [-0.1, -0.05) is 18.2 Å². The first-order valence-electron chi connectivity index (χ1n) is 7.73. The van der Waals surface area contributed by atoms with Gasteiger partial charge in [-0.2, -0.15) is 5.10 Å². The smallest absolute Gasteiger partial charge is 0.0645 e. The molecule has 0 saturated heterocycles. The summed E-state index contributed by atoms with van der Waals surface area (Å²) in [5.41, 5.74) is 8.50. The van der Waals surface area contributed by atoms with Crippen molar-refractivity contribution >= 4 is 0 Å². The highest BCUT2D eigenvalue weighted by molar-refractivity contribution is 5.31. The maximum absolute atomic E-state index is 6.32. The second kappa shape index (κ2) is 6.41. The van der Waals surface area contributed by atoms with Gasteiger partial charge in [0.15, 0.2) is 0 Å². The standard InChI is InChI=1S/C17H23N3O/c1-2-21-16-8-13(9-16)10-17(18)14-11-19-20(12-14)15-6-4-3-5-7-15/h3-7,11-13,16-17H,2,8-10,18H2,1H3. The molecule has 2 aromatic rings. The van der Waals surface area contributed by atoms with Crippen LogP contribution in [0.15, 0.2) is 42.7 Å². The van der Waals surface area contributed by atoms with Crippen molar-refractivity contribution in [3.8, 4) is 5.69 Å². The fraction of sp³-hybridized carbons (Fsp3) is 0.471. The van der Waals surface area contributed by atoms with Crippen molar-refractivity contribution in [3.63, 3.8) is 0 Å². The van der Waals surface area contributed by atoms with Crippen LogP contribution in [0.3, 0.4) is 0 Å². The fourth-order valence-corrected chi connectivity index (χ4v) is 2.98. The molecular weight excluding hydrogens is 262 g/mol. The molecule has 0 radical (unpaired) electrons. The second-order valence-electron chi connectivity index (χ2n) is 5.81. The molecule has 2 N–H and O–H groups in total. The molecule has 1 heterocycles. The molecular formula is C17H23N3O. The second-order valence-corrected chi connectivity index (χ2v) is 5.81. The van der Waals surface area contributed by atoms with E-state index in [1.807, 2.05) is 47.4 Å². The predicted octanol–water partition coefficient (Wildman–Crippen LogP) is 3.08. The molecule has 1 atom stereocenters. The summed E-state index contributed by atoms with van der Waals surface area (Å²) in [5, 5.41) is 4.42. The van der Waals surface area contributed by atoms with Crippen LogP contribution in [0.4, 0.5) is 0 Å². The highest BCUT2D eigenvalue weighted by Gasteiger charge is 2.31. The summed E-state index contributed by atoms with van der Waals surface area (Å²) >= 11 is 0. The van der Waals surface area contributed by atoms with E-state index in [1.165, 1.54) is 0 Å². The molecule has 4 heteroatoms. The highest BCUT2D eigenvalue weighted by Crippen LogP contribution is 2.36. The minimum Gasteiger partial charge on any atom is -0.378 e. The van der Waals surface area contributed by atoms with E-state index in [-0.39, 0.29) is 6.04 Å². The lowest BCUT2D eigenvalue weighted by Gasteiger charge is -2.36. The summed E-state index contributed by atoms with van der Waals surface area (Å²) in [5.74, 6) is 0.691. The van der Waals surface area contributed by atoms with Crippen LogP contribution in [0.5, 0.6) is 0 Å². The van der Waals surface area contributed by atoms with E-state index in [2.05, 4.69) is 12.0 Å². The van der Waals surface area contributed by atoms with Crippen molar-refractivity contribution in [2.45, 2.75) is 38.3 Å². The number of hydrogen-bond acceptors (Lipinski definition) is 3. The average molecular weight is 285 g/mol. The number of ether oxygens (including phenoxy) is 1. The van der Waals surface area contributed by atoms with Gasteiger partial charge in [0.25, 0.3) is 0 Å². The molecule has 0 amide bonds. The SMILES string of the molecule is CCOC1CC(CC(N)c2cnn(-c3ccccc3)c2)C1. The Bertz CT molecular complexity index is 560. The Labute approximate surface area is 125 Å². The first-order valence-corrected chi connectivity index (χ1v) is 7.73. The predicted molar refractivity (Wildman–Crippen MR) is 83.2 cm³/mol. The summed E-state index contributed by atoms with van der Waals surface area (Å²) < 4.78 is 7.49. The van der Waals surface area contributed by atoms with E-state index in [4.69, 9.17) is 10.5 Å². The van der Waals surface area contributed by atoms with Crippen molar-refractivity contribution in [1.82, 2.24) is 9.78 Å². The Morgan fingerprint density at radius 3 is 2.81 bits per heavy atom. The van der Waals surface area contributed by atoms with Gasteiger partial charge in [-0.3, -0.25) is 0 Å². The summed E-state index contributed by atoms with van der Waals surface area (Å²) in [6.45, 7) is 2.87. The molecule has 1 fully saturated rings. The van der Waals surface area contributed by atoms with E-state index in [1.54, 1.807) is 0 Å². The molecule has 1 aliphatic rings. The number of benzene rings is 1. The van der Waals surface area contributed by atoms with Crippen LogP contribution < -0.4 is 5.73 Å². The maximum Gasteiger partial charge on any atom is 0.0645 e. The molecule has 1 aromatic heterocycles. The molecule has 1 unspecified atom stereocenters. The van der Waals surface area contributed by atoms with Gasteiger partial charge in [-0.15, -0.1) is 0 Å². The zero-order valence-electron chi connectivity index (χ0n) is 12.5. The van der Waals surface area contributed by atoms with Gasteiger partial charge in [-0.05, 0) is 44.2 Å². The number of rotatable bonds is 6. The molecule has 0 bridgehead atoms. The molecule has 0 aliphatic heterocycles. The maximum atomic E-state index is 6.32. The van der Waals surface area contributed by atoms with Crippen LogP contribution in [0.25, 0.3) is 5.69 Å². The summed E-state index contributed by atoms with van der Waals surface area (Å²) in [6, 6.07) is 10.2. The number of hydrogen-bond donors (Lipinski definition) is 1. The molecule has 3 rings (SSSR count). The van der Waals surface area contributed by atoms with E-state index in [0.29, 0.717) is 12.0 Å². The number of nitrogens with zero attached hydrogens (tertiary/aromatic N) is 2.